The van der Waals surface area contributed by atoms with Crippen molar-refractivity contribution in [1.29, 1.82) is 0 Å². The van der Waals surface area contributed by atoms with Gasteiger partial charge in [-0.25, -0.2) is 4.98 Å². The van der Waals surface area contributed by atoms with Gasteiger partial charge in [0.25, 0.3) is 0 Å². The Bertz CT molecular complexity index is 468. The summed E-state index contributed by atoms with van der Waals surface area (Å²) in [5.74, 6) is 0.861. The van der Waals surface area contributed by atoms with Gasteiger partial charge >= 0.3 is 0 Å². The molecule has 0 fully saturated rings. The van der Waals surface area contributed by atoms with Gasteiger partial charge in [0, 0.05) is 12.4 Å². The maximum atomic E-state index is 9.90. The van der Waals surface area contributed by atoms with Crippen LogP contribution in [0.2, 0.25) is 0 Å². The Morgan fingerprint density at radius 2 is 2.14 bits per heavy atom. The van der Waals surface area contributed by atoms with E-state index in [0.717, 1.165) is 11.3 Å². The van der Waals surface area contributed by atoms with E-state index >= 15 is 0 Å². The first kappa shape index (κ1) is 9.15. The Morgan fingerprint density at radius 3 is 2.79 bits per heavy atom. The Labute approximate surface area is 82.2 Å². The number of aryl methyl sites for hydroxylation is 1. The van der Waals surface area contributed by atoms with Crippen molar-refractivity contribution in [3.8, 4) is 0 Å². The van der Waals surface area contributed by atoms with Crippen molar-refractivity contribution in [3.05, 3.63) is 30.1 Å². The highest BCUT2D eigenvalue weighted by Gasteiger charge is 2.23. The number of aromatic nitrogens is 3. The van der Waals surface area contributed by atoms with Crippen LogP contribution in [0.1, 0.15) is 25.4 Å². The van der Waals surface area contributed by atoms with E-state index in [0.29, 0.717) is 5.69 Å². The average molecular weight is 191 g/mol. The second-order valence-corrected chi connectivity index (χ2v) is 3.90. The zero-order chi connectivity index (χ0) is 10.3. The highest BCUT2D eigenvalue weighted by atomic mass is 16.3. The number of rotatable bonds is 1. The topological polar surface area (TPSA) is 50.4 Å². The molecule has 0 spiro atoms. The lowest BCUT2D eigenvalue weighted by molar-refractivity contribution is 0.0758. The molecule has 0 amide bonds. The molecule has 0 aliphatic heterocycles. The summed E-state index contributed by atoms with van der Waals surface area (Å²) in [6, 6.07) is 0. The number of hydrogen-bond acceptors (Lipinski definition) is 3. The van der Waals surface area contributed by atoms with Gasteiger partial charge in [0.2, 0.25) is 0 Å². The summed E-state index contributed by atoms with van der Waals surface area (Å²) >= 11 is 0. The fraction of sp³-hybridized carbons (Fsp3) is 0.400. The predicted molar refractivity (Wildman–Crippen MR) is 53.0 cm³/mol. The van der Waals surface area contributed by atoms with E-state index in [2.05, 4.69) is 9.97 Å². The molecule has 0 radical (unpaired) electrons. The van der Waals surface area contributed by atoms with Crippen LogP contribution in [0.5, 0.6) is 0 Å². The molecule has 2 heterocycles. The van der Waals surface area contributed by atoms with Crippen molar-refractivity contribution in [2.75, 3.05) is 0 Å². The van der Waals surface area contributed by atoms with E-state index in [-0.39, 0.29) is 0 Å². The summed E-state index contributed by atoms with van der Waals surface area (Å²) in [6.45, 7) is 5.35. The molecule has 0 unspecified atom stereocenters. The molecule has 14 heavy (non-hydrogen) atoms. The third-order valence-corrected chi connectivity index (χ3v) is 2.20. The lowest BCUT2D eigenvalue weighted by Crippen LogP contribution is -2.16. The number of nitrogens with zero attached hydrogens (tertiary/aromatic N) is 3. The fourth-order valence-corrected chi connectivity index (χ4v) is 1.54. The zero-order valence-electron chi connectivity index (χ0n) is 8.52. The van der Waals surface area contributed by atoms with Gasteiger partial charge in [-0.3, -0.25) is 4.98 Å². The van der Waals surface area contributed by atoms with Crippen molar-refractivity contribution >= 4 is 5.52 Å². The van der Waals surface area contributed by atoms with Gasteiger partial charge in [-0.15, -0.1) is 0 Å². The third-order valence-electron chi connectivity index (χ3n) is 2.20. The monoisotopic (exact) mass is 191 g/mol. The van der Waals surface area contributed by atoms with Crippen LogP contribution >= 0.6 is 0 Å². The van der Waals surface area contributed by atoms with Crippen LogP contribution in [0, 0.1) is 6.92 Å². The Hall–Kier alpha value is -1.42. The van der Waals surface area contributed by atoms with Crippen molar-refractivity contribution in [2.45, 2.75) is 26.4 Å². The van der Waals surface area contributed by atoms with Crippen LogP contribution in [-0.2, 0) is 5.60 Å². The second kappa shape index (κ2) is 2.78. The van der Waals surface area contributed by atoms with E-state index in [1.54, 1.807) is 26.2 Å². The van der Waals surface area contributed by atoms with Crippen LogP contribution in [0.4, 0.5) is 0 Å². The highest BCUT2D eigenvalue weighted by Crippen LogP contribution is 2.23. The van der Waals surface area contributed by atoms with Crippen molar-refractivity contribution in [1.82, 2.24) is 14.4 Å². The minimum absolute atomic E-state index is 0.670. The summed E-state index contributed by atoms with van der Waals surface area (Å²) in [6.07, 6.45) is 5.26. The maximum absolute atomic E-state index is 9.90. The Kier molecular flexibility index (Phi) is 1.82. The smallest absolute Gasteiger partial charge is 0.110 e. The summed E-state index contributed by atoms with van der Waals surface area (Å²) in [4.78, 5) is 8.36. The highest BCUT2D eigenvalue weighted by molar-refractivity contribution is 5.53. The molecule has 0 bridgehead atoms. The minimum atomic E-state index is -0.928. The lowest BCUT2D eigenvalue weighted by Gasteiger charge is -2.14. The van der Waals surface area contributed by atoms with Gasteiger partial charge in [-0.2, -0.15) is 0 Å². The molecular formula is C10H13N3O. The van der Waals surface area contributed by atoms with E-state index in [1.807, 2.05) is 17.5 Å². The molecule has 0 saturated heterocycles. The van der Waals surface area contributed by atoms with Gasteiger partial charge in [0.05, 0.1) is 17.4 Å². The number of imidazole rings is 1. The molecule has 0 aromatic carbocycles. The van der Waals surface area contributed by atoms with Gasteiger partial charge < -0.3 is 9.51 Å². The molecular weight excluding hydrogens is 178 g/mol. The molecule has 0 atom stereocenters. The van der Waals surface area contributed by atoms with Crippen LogP contribution in [0.15, 0.2) is 18.6 Å². The van der Waals surface area contributed by atoms with E-state index < -0.39 is 5.60 Å². The number of hydrogen-bond donors (Lipinski definition) is 1. The number of aliphatic hydroxyl groups is 1. The summed E-state index contributed by atoms with van der Waals surface area (Å²) in [5, 5.41) is 9.90. The van der Waals surface area contributed by atoms with E-state index in [9.17, 15) is 5.11 Å². The molecule has 1 N–H and O–H groups in total. The fourth-order valence-electron chi connectivity index (χ4n) is 1.54. The molecule has 2 aromatic rings. The second-order valence-electron chi connectivity index (χ2n) is 3.90. The SMILES string of the molecule is Cc1nc(C(C)(C)O)c2cnccn12. The molecule has 4 nitrogen and oxygen atoms in total. The normalized spacial score (nSPS) is 12.3. The van der Waals surface area contributed by atoms with Gasteiger partial charge in [0.15, 0.2) is 0 Å². The van der Waals surface area contributed by atoms with Crippen LogP contribution in [0.25, 0.3) is 5.52 Å². The van der Waals surface area contributed by atoms with E-state index in [1.165, 1.54) is 0 Å². The summed E-state index contributed by atoms with van der Waals surface area (Å²) < 4.78 is 1.92. The minimum Gasteiger partial charge on any atom is -0.384 e. The quantitative estimate of drug-likeness (QED) is 0.738. The van der Waals surface area contributed by atoms with Gasteiger partial charge in [-0.05, 0) is 20.8 Å². The first-order chi connectivity index (χ1) is 6.50. The molecule has 2 rings (SSSR count). The first-order valence-corrected chi connectivity index (χ1v) is 4.51. The molecule has 2 aromatic heterocycles. The average Bonchev–Trinajstić information content (AvgIpc) is 2.44. The molecule has 74 valence electrons. The predicted octanol–water partition coefficient (Wildman–Crippen LogP) is 1.27. The summed E-state index contributed by atoms with van der Waals surface area (Å²) in [5.41, 5.74) is 0.600. The Morgan fingerprint density at radius 1 is 1.43 bits per heavy atom. The van der Waals surface area contributed by atoms with Crippen molar-refractivity contribution in [2.24, 2.45) is 0 Å². The summed E-state index contributed by atoms with van der Waals surface area (Å²) in [7, 11) is 0. The van der Waals surface area contributed by atoms with Gasteiger partial charge in [0.1, 0.15) is 11.4 Å². The van der Waals surface area contributed by atoms with Crippen molar-refractivity contribution < 1.29 is 5.11 Å². The van der Waals surface area contributed by atoms with Crippen LogP contribution < -0.4 is 0 Å². The maximum Gasteiger partial charge on any atom is 0.110 e. The molecule has 0 aliphatic rings. The first-order valence-electron chi connectivity index (χ1n) is 4.51. The van der Waals surface area contributed by atoms with Crippen molar-refractivity contribution in [3.63, 3.8) is 0 Å². The largest absolute Gasteiger partial charge is 0.384 e. The van der Waals surface area contributed by atoms with E-state index in [4.69, 9.17) is 0 Å². The number of fused-ring (bicyclic) bond motifs is 1. The van der Waals surface area contributed by atoms with Gasteiger partial charge in [-0.1, -0.05) is 0 Å². The third kappa shape index (κ3) is 1.28. The van der Waals surface area contributed by atoms with Crippen LogP contribution in [0.3, 0.4) is 0 Å². The molecule has 0 saturated carbocycles. The standard InChI is InChI=1S/C10H13N3O/c1-7-12-9(10(2,3)14)8-6-11-4-5-13(7)8/h4-6,14H,1-3H3. The molecule has 4 heteroatoms. The molecule has 0 aliphatic carbocycles. The lowest BCUT2D eigenvalue weighted by atomic mass is 10.1. The Balaban J connectivity index is 2.80. The zero-order valence-corrected chi connectivity index (χ0v) is 8.52. The van der Waals surface area contributed by atoms with Crippen LogP contribution in [-0.4, -0.2) is 19.5 Å².